The van der Waals surface area contributed by atoms with Crippen molar-refractivity contribution in [2.45, 2.75) is 0 Å². The summed E-state index contributed by atoms with van der Waals surface area (Å²) in [7, 11) is 0. The maximum atomic E-state index is 13.1. The van der Waals surface area contributed by atoms with Gasteiger partial charge in [-0.25, -0.2) is 4.90 Å². The molecule has 3 amide bonds. The third-order valence-electron chi connectivity index (χ3n) is 5.67. The van der Waals surface area contributed by atoms with Crippen molar-refractivity contribution in [3.63, 3.8) is 0 Å². The van der Waals surface area contributed by atoms with Crippen LogP contribution >= 0.6 is 34.8 Å². The van der Waals surface area contributed by atoms with Gasteiger partial charge in [-0.15, -0.1) is 0 Å². The van der Waals surface area contributed by atoms with Gasteiger partial charge >= 0.3 is 0 Å². The number of para-hydroxylation sites is 1. The highest BCUT2D eigenvalue weighted by molar-refractivity contribution is 6.53. The predicted molar refractivity (Wildman–Crippen MR) is 153 cm³/mol. The Labute approximate surface area is 238 Å². The highest BCUT2D eigenvalue weighted by atomic mass is 35.5. The molecule has 1 aliphatic heterocycles. The molecule has 0 bridgehead atoms. The molecule has 39 heavy (non-hydrogen) atoms. The first-order chi connectivity index (χ1) is 18.8. The molecule has 0 atom stereocenters. The Balaban J connectivity index is 1.27. The number of carbonyl (C=O) groups excluding carboxylic acids is 3. The summed E-state index contributed by atoms with van der Waals surface area (Å²) >= 11 is 18.2. The second kappa shape index (κ2) is 11.2. The van der Waals surface area contributed by atoms with Crippen molar-refractivity contribution in [3.05, 3.63) is 123 Å². The van der Waals surface area contributed by atoms with Crippen molar-refractivity contribution in [1.82, 2.24) is 0 Å². The van der Waals surface area contributed by atoms with Gasteiger partial charge < -0.3 is 15.4 Å². The highest BCUT2D eigenvalue weighted by Gasteiger charge is 2.39. The van der Waals surface area contributed by atoms with E-state index in [-0.39, 0.29) is 32.4 Å². The lowest BCUT2D eigenvalue weighted by Crippen LogP contribution is -2.32. The van der Waals surface area contributed by atoms with Crippen LogP contribution in [0, 0.1) is 0 Å². The van der Waals surface area contributed by atoms with Crippen molar-refractivity contribution in [1.29, 1.82) is 0 Å². The topological polar surface area (TPSA) is 87.7 Å². The molecular weight excluding hydrogens is 561 g/mol. The van der Waals surface area contributed by atoms with E-state index >= 15 is 0 Å². The molecule has 5 rings (SSSR count). The van der Waals surface area contributed by atoms with Gasteiger partial charge in [0, 0.05) is 16.9 Å². The minimum atomic E-state index is -0.712. The Kier molecular flexibility index (Phi) is 7.56. The number of imide groups is 1. The quantitative estimate of drug-likeness (QED) is 0.222. The molecular formula is C29H18Cl3N3O4. The van der Waals surface area contributed by atoms with E-state index in [1.54, 1.807) is 48.5 Å². The van der Waals surface area contributed by atoms with Crippen molar-refractivity contribution in [2.75, 3.05) is 15.5 Å². The van der Waals surface area contributed by atoms with Crippen LogP contribution in [0.15, 0.2) is 108 Å². The lowest BCUT2D eigenvalue weighted by Gasteiger charge is -2.16. The predicted octanol–water partition coefficient (Wildman–Crippen LogP) is 7.47. The number of nitrogens with zero attached hydrogens (tertiary/aromatic N) is 1. The molecule has 2 N–H and O–H groups in total. The smallest absolute Gasteiger partial charge is 0.283 e. The van der Waals surface area contributed by atoms with Gasteiger partial charge in [0.2, 0.25) is 0 Å². The number of hydrogen-bond acceptors (Lipinski definition) is 5. The molecule has 194 valence electrons. The summed E-state index contributed by atoms with van der Waals surface area (Å²) < 4.78 is 5.77. The van der Waals surface area contributed by atoms with E-state index < -0.39 is 11.8 Å². The van der Waals surface area contributed by atoms with E-state index in [1.165, 1.54) is 18.2 Å². The van der Waals surface area contributed by atoms with Gasteiger partial charge in [-0.1, -0.05) is 59.1 Å². The number of rotatable bonds is 7. The van der Waals surface area contributed by atoms with Gasteiger partial charge in [0.05, 0.1) is 15.7 Å². The Bertz CT molecular complexity index is 1620. The third kappa shape index (κ3) is 5.76. The zero-order chi connectivity index (χ0) is 27.5. The minimum absolute atomic E-state index is 0.126. The molecule has 1 aliphatic rings. The molecule has 0 aromatic heterocycles. The number of carbonyl (C=O) groups is 3. The van der Waals surface area contributed by atoms with Crippen LogP contribution < -0.4 is 20.3 Å². The second-order valence-corrected chi connectivity index (χ2v) is 9.52. The molecule has 0 aliphatic carbocycles. The number of benzene rings is 4. The Hall–Kier alpha value is -4.30. The summed E-state index contributed by atoms with van der Waals surface area (Å²) in [6.07, 6.45) is 0. The van der Waals surface area contributed by atoms with Crippen LogP contribution in [0.1, 0.15) is 10.4 Å². The van der Waals surface area contributed by atoms with Crippen LogP contribution in [-0.2, 0) is 9.59 Å². The van der Waals surface area contributed by atoms with E-state index in [9.17, 15) is 14.4 Å². The van der Waals surface area contributed by atoms with Crippen LogP contribution in [0.2, 0.25) is 10.0 Å². The van der Waals surface area contributed by atoms with Gasteiger partial charge in [-0.3, -0.25) is 14.4 Å². The van der Waals surface area contributed by atoms with Crippen molar-refractivity contribution in [2.24, 2.45) is 0 Å². The zero-order valence-corrected chi connectivity index (χ0v) is 22.2. The summed E-state index contributed by atoms with van der Waals surface area (Å²) in [5.74, 6) is -0.425. The fraction of sp³-hybridized carbons (Fsp3) is 0. The Morgan fingerprint density at radius 2 is 1.41 bits per heavy atom. The number of anilines is 3. The average Bonchev–Trinajstić information content (AvgIpc) is 3.15. The fourth-order valence-corrected chi connectivity index (χ4v) is 4.29. The van der Waals surface area contributed by atoms with Crippen LogP contribution in [0.4, 0.5) is 17.1 Å². The molecule has 0 saturated carbocycles. The van der Waals surface area contributed by atoms with E-state index in [1.807, 2.05) is 30.3 Å². The first kappa shape index (κ1) is 26.3. The average molecular weight is 579 g/mol. The van der Waals surface area contributed by atoms with Crippen LogP contribution in [-0.4, -0.2) is 17.7 Å². The van der Waals surface area contributed by atoms with Gasteiger partial charge in [-0.05, 0) is 72.8 Å². The summed E-state index contributed by atoms with van der Waals surface area (Å²) in [5, 5.41) is 5.86. The zero-order valence-electron chi connectivity index (χ0n) is 20.0. The first-order valence-electron chi connectivity index (χ1n) is 11.5. The monoisotopic (exact) mass is 577 g/mol. The SMILES string of the molecule is O=C(Nc1ccc(Oc2ccccc2)cc1)c1cccc(NC2=C(Cl)C(=O)N(c3ccc(Cl)c(Cl)c3)C2=O)c1. The van der Waals surface area contributed by atoms with E-state index in [2.05, 4.69) is 10.6 Å². The molecule has 0 fully saturated rings. The van der Waals surface area contributed by atoms with E-state index in [0.717, 1.165) is 4.90 Å². The van der Waals surface area contributed by atoms with Gasteiger partial charge in [0.1, 0.15) is 22.2 Å². The summed E-state index contributed by atoms with van der Waals surface area (Å²) in [5.41, 5.74) is 1.37. The largest absolute Gasteiger partial charge is 0.457 e. The molecule has 0 unspecified atom stereocenters. The second-order valence-electron chi connectivity index (χ2n) is 8.33. The lowest BCUT2D eigenvalue weighted by molar-refractivity contribution is -0.120. The normalized spacial score (nSPS) is 13.1. The van der Waals surface area contributed by atoms with Gasteiger partial charge in [-0.2, -0.15) is 0 Å². The molecule has 0 spiro atoms. The summed E-state index contributed by atoms with van der Waals surface area (Å²) in [4.78, 5) is 39.6. The van der Waals surface area contributed by atoms with Gasteiger partial charge in [0.25, 0.3) is 17.7 Å². The lowest BCUT2D eigenvalue weighted by atomic mass is 10.1. The Morgan fingerprint density at radius 3 is 2.13 bits per heavy atom. The van der Waals surface area contributed by atoms with E-state index in [0.29, 0.717) is 28.4 Å². The summed E-state index contributed by atoms with van der Waals surface area (Å²) in [6.45, 7) is 0. The molecule has 4 aromatic carbocycles. The third-order valence-corrected chi connectivity index (χ3v) is 6.76. The van der Waals surface area contributed by atoms with Gasteiger partial charge in [0.15, 0.2) is 0 Å². The molecule has 4 aromatic rings. The molecule has 0 saturated heterocycles. The molecule has 10 heteroatoms. The minimum Gasteiger partial charge on any atom is -0.457 e. The standard InChI is InChI=1S/C29H18Cl3N3O4/c30-23-14-11-20(16-24(23)31)35-28(37)25(32)26(29(35)38)33-19-6-4-5-17(15-19)27(36)34-18-9-12-22(13-10-18)39-21-7-2-1-3-8-21/h1-16,33H,(H,34,36). The van der Waals surface area contributed by atoms with Crippen molar-refractivity contribution < 1.29 is 19.1 Å². The van der Waals surface area contributed by atoms with Crippen molar-refractivity contribution in [3.8, 4) is 11.5 Å². The number of amides is 3. The highest BCUT2D eigenvalue weighted by Crippen LogP contribution is 2.33. The Morgan fingerprint density at radius 1 is 0.692 bits per heavy atom. The van der Waals surface area contributed by atoms with Crippen LogP contribution in [0.25, 0.3) is 0 Å². The maximum Gasteiger partial charge on any atom is 0.283 e. The maximum absolute atomic E-state index is 13.1. The molecule has 1 heterocycles. The van der Waals surface area contributed by atoms with Crippen molar-refractivity contribution >= 4 is 69.6 Å². The number of halogens is 3. The van der Waals surface area contributed by atoms with E-state index in [4.69, 9.17) is 39.5 Å². The number of ether oxygens (including phenoxy) is 1. The van der Waals surface area contributed by atoms with Crippen LogP contribution in [0.3, 0.4) is 0 Å². The number of nitrogens with one attached hydrogen (secondary N) is 2. The number of hydrogen-bond donors (Lipinski definition) is 2. The van der Waals surface area contributed by atoms with Crippen LogP contribution in [0.5, 0.6) is 11.5 Å². The summed E-state index contributed by atoms with van der Waals surface area (Å²) in [6, 6.07) is 27.1. The fourth-order valence-electron chi connectivity index (χ4n) is 3.79. The molecule has 7 nitrogen and oxygen atoms in total. The first-order valence-corrected chi connectivity index (χ1v) is 12.7. The molecule has 0 radical (unpaired) electrons.